The van der Waals surface area contributed by atoms with E-state index in [1.165, 1.54) is 11.1 Å². The van der Waals surface area contributed by atoms with Crippen LogP contribution in [-0.4, -0.2) is 53.2 Å². The van der Waals surface area contributed by atoms with Crippen molar-refractivity contribution in [3.63, 3.8) is 0 Å². The monoisotopic (exact) mass is 460 g/mol. The van der Waals surface area contributed by atoms with Crippen LogP contribution >= 0.6 is 0 Å². The maximum absolute atomic E-state index is 13.4. The molecule has 2 saturated heterocycles. The molecule has 2 aromatic rings. The number of hydrogen-bond donors (Lipinski definition) is 2. The first-order valence-electron chi connectivity index (χ1n) is 12.1. The Morgan fingerprint density at radius 1 is 1.00 bits per heavy atom. The van der Waals surface area contributed by atoms with Crippen LogP contribution in [0.5, 0.6) is 0 Å². The number of carbonyl (C=O) groups excluding carboxylic acids is 2. The van der Waals surface area contributed by atoms with E-state index in [-0.39, 0.29) is 37.1 Å². The molecule has 2 aliphatic carbocycles. The van der Waals surface area contributed by atoms with E-state index in [1.54, 1.807) is 0 Å². The van der Waals surface area contributed by atoms with Gasteiger partial charge in [0.25, 0.3) is 0 Å². The van der Waals surface area contributed by atoms with Crippen LogP contribution in [0.1, 0.15) is 49.1 Å². The third-order valence-electron chi connectivity index (χ3n) is 8.31. The van der Waals surface area contributed by atoms with E-state index in [4.69, 9.17) is 4.74 Å². The van der Waals surface area contributed by atoms with Crippen molar-refractivity contribution in [1.82, 2.24) is 10.2 Å². The lowest BCUT2D eigenvalue weighted by Gasteiger charge is -2.28. The zero-order valence-electron chi connectivity index (χ0n) is 18.9. The lowest BCUT2D eigenvalue weighted by Crippen LogP contribution is -2.46. The predicted molar refractivity (Wildman–Crippen MR) is 124 cm³/mol. The fourth-order valence-electron chi connectivity index (χ4n) is 6.35. The minimum Gasteiger partial charge on any atom is -0.481 e. The van der Waals surface area contributed by atoms with Gasteiger partial charge >= 0.3 is 12.1 Å². The summed E-state index contributed by atoms with van der Waals surface area (Å²) in [6.45, 7) is 0.466. The number of amides is 2. The molecule has 2 aliphatic heterocycles. The molecule has 3 atom stereocenters. The fourth-order valence-corrected chi connectivity index (χ4v) is 6.35. The van der Waals surface area contributed by atoms with E-state index >= 15 is 0 Å². The number of fused-ring (bicyclic) bond motifs is 5. The van der Waals surface area contributed by atoms with E-state index in [9.17, 15) is 19.5 Å². The number of carbonyl (C=O) groups is 3. The lowest BCUT2D eigenvalue weighted by molar-refractivity contribution is -0.144. The molecule has 0 unspecified atom stereocenters. The minimum absolute atomic E-state index is 0.00250. The number of benzene rings is 2. The molecule has 4 aliphatic rings. The summed E-state index contributed by atoms with van der Waals surface area (Å²) >= 11 is 0. The number of alkyl carbamates (subject to hydrolysis) is 1. The third kappa shape index (κ3) is 3.29. The summed E-state index contributed by atoms with van der Waals surface area (Å²) in [6, 6.07) is 16.2. The van der Waals surface area contributed by atoms with Crippen LogP contribution in [0.15, 0.2) is 48.5 Å². The number of nitrogens with one attached hydrogen (secondary N) is 1. The van der Waals surface area contributed by atoms with Crippen LogP contribution in [0.2, 0.25) is 0 Å². The maximum atomic E-state index is 13.4. The highest BCUT2D eigenvalue weighted by Crippen LogP contribution is 2.52. The second-order valence-corrected chi connectivity index (χ2v) is 10.2. The Hall–Kier alpha value is -3.35. The number of aliphatic carboxylic acids is 1. The summed E-state index contributed by atoms with van der Waals surface area (Å²) in [5, 5.41) is 12.3. The van der Waals surface area contributed by atoms with Crippen LogP contribution in [0.4, 0.5) is 4.79 Å². The van der Waals surface area contributed by atoms with Crippen LogP contribution in [-0.2, 0) is 14.3 Å². The van der Waals surface area contributed by atoms with E-state index in [0.717, 1.165) is 24.0 Å². The van der Waals surface area contributed by atoms with Gasteiger partial charge in [-0.3, -0.25) is 9.59 Å². The van der Waals surface area contributed by atoms with Crippen molar-refractivity contribution in [3.8, 4) is 11.1 Å². The number of hydrogen-bond acceptors (Lipinski definition) is 4. The average Bonchev–Trinajstić information content (AvgIpc) is 3.27. The molecule has 2 amide bonds. The fraction of sp³-hybridized carbons (Fsp3) is 0.444. The van der Waals surface area contributed by atoms with Gasteiger partial charge in [-0.2, -0.15) is 0 Å². The van der Waals surface area contributed by atoms with Gasteiger partial charge < -0.3 is 20.1 Å². The summed E-state index contributed by atoms with van der Waals surface area (Å²) in [5.74, 6) is -1.29. The first kappa shape index (κ1) is 21.2. The molecule has 2 N–H and O–H groups in total. The predicted octanol–water partition coefficient (Wildman–Crippen LogP) is 3.77. The van der Waals surface area contributed by atoms with Crippen LogP contribution in [0.25, 0.3) is 11.1 Å². The molecule has 7 nitrogen and oxygen atoms in total. The standard InChI is InChI=1S/C27H28N2O5/c30-24(31)21-13-16-9-10-23(21)29(16)25(32)27(11-12-27)15-28-26(33)34-14-22-19-7-3-1-5-17(19)18-6-2-4-8-20(18)22/h1-8,16,21-23H,9-15H2,(H,28,33)(H,30,31)/t16-,21+,23+/m1/s1. The maximum Gasteiger partial charge on any atom is 0.407 e. The molecule has 0 radical (unpaired) electrons. The van der Waals surface area contributed by atoms with Gasteiger partial charge in [0.05, 0.1) is 11.3 Å². The third-order valence-corrected chi connectivity index (χ3v) is 8.31. The topological polar surface area (TPSA) is 95.9 Å². The number of carboxylic acid groups (broad SMARTS) is 1. The molecule has 0 aromatic heterocycles. The highest BCUT2D eigenvalue weighted by molar-refractivity contribution is 5.88. The first-order chi connectivity index (χ1) is 16.5. The Morgan fingerprint density at radius 3 is 2.24 bits per heavy atom. The van der Waals surface area contributed by atoms with E-state index < -0.39 is 23.4 Å². The zero-order valence-corrected chi connectivity index (χ0v) is 18.9. The molecular weight excluding hydrogens is 432 g/mol. The highest BCUT2D eigenvalue weighted by atomic mass is 16.5. The summed E-state index contributed by atoms with van der Waals surface area (Å²) in [5.41, 5.74) is 4.05. The van der Waals surface area contributed by atoms with E-state index in [1.807, 2.05) is 29.2 Å². The molecule has 6 rings (SSSR count). The zero-order chi connectivity index (χ0) is 23.4. The van der Waals surface area contributed by atoms with Crippen LogP contribution in [0.3, 0.4) is 0 Å². The first-order valence-corrected chi connectivity index (χ1v) is 12.1. The molecule has 1 saturated carbocycles. The number of carboxylic acids is 1. The summed E-state index contributed by atoms with van der Waals surface area (Å²) in [7, 11) is 0. The summed E-state index contributed by atoms with van der Waals surface area (Å²) in [4.78, 5) is 39.3. The van der Waals surface area contributed by atoms with Gasteiger partial charge in [0, 0.05) is 24.5 Å². The quantitative estimate of drug-likeness (QED) is 0.684. The second kappa shape index (κ2) is 7.86. The molecule has 2 heterocycles. The van der Waals surface area contributed by atoms with Crippen molar-refractivity contribution in [1.29, 1.82) is 0 Å². The Morgan fingerprint density at radius 2 is 1.65 bits per heavy atom. The van der Waals surface area contributed by atoms with Crippen LogP contribution < -0.4 is 5.32 Å². The Balaban J connectivity index is 1.08. The Bertz CT molecular complexity index is 1130. The summed E-state index contributed by atoms with van der Waals surface area (Å²) in [6.07, 6.45) is 3.07. The Labute approximate surface area is 198 Å². The molecule has 7 heteroatoms. The van der Waals surface area contributed by atoms with Crippen molar-refractivity contribution < 1.29 is 24.2 Å². The van der Waals surface area contributed by atoms with E-state index in [2.05, 4.69) is 29.6 Å². The van der Waals surface area contributed by atoms with Gasteiger partial charge in [-0.1, -0.05) is 48.5 Å². The smallest absolute Gasteiger partial charge is 0.407 e. The van der Waals surface area contributed by atoms with Gasteiger partial charge in [-0.15, -0.1) is 0 Å². The molecule has 2 aromatic carbocycles. The van der Waals surface area contributed by atoms with Crippen molar-refractivity contribution in [2.45, 2.75) is 50.1 Å². The largest absolute Gasteiger partial charge is 0.481 e. The normalized spacial score (nSPS) is 25.5. The second-order valence-electron chi connectivity index (χ2n) is 10.2. The number of nitrogens with zero attached hydrogens (tertiary/aromatic N) is 1. The molecular formula is C27H28N2O5. The number of rotatable bonds is 6. The van der Waals surface area contributed by atoms with Gasteiger partial charge in [0.1, 0.15) is 6.61 Å². The van der Waals surface area contributed by atoms with Crippen molar-refractivity contribution in [2.24, 2.45) is 11.3 Å². The van der Waals surface area contributed by atoms with Gasteiger partial charge in [-0.25, -0.2) is 4.79 Å². The SMILES string of the molecule is O=C(NCC1(C(=O)N2[C@@H]3CC[C@H]2[C@@H](C(=O)O)C3)CC1)OCC1c2ccccc2-c2ccccc21. The Kier molecular flexibility index (Phi) is 4.90. The van der Waals surface area contributed by atoms with Crippen molar-refractivity contribution >= 4 is 18.0 Å². The molecule has 176 valence electrons. The highest BCUT2D eigenvalue weighted by Gasteiger charge is 2.59. The number of ether oxygens (including phenoxy) is 1. The molecule has 3 fully saturated rings. The molecule has 0 spiro atoms. The van der Waals surface area contributed by atoms with Crippen molar-refractivity contribution in [3.05, 3.63) is 59.7 Å². The van der Waals surface area contributed by atoms with Gasteiger partial charge in [0.15, 0.2) is 0 Å². The van der Waals surface area contributed by atoms with Gasteiger partial charge in [0.2, 0.25) is 5.91 Å². The summed E-state index contributed by atoms with van der Waals surface area (Å²) < 4.78 is 5.62. The van der Waals surface area contributed by atoms with Gasteiger partial charge in [-0.05, 0) is 54.4 Å². The average molecular weight is 461 g/mol. The molecule has 2 bridgehead atoms. The van der Waals surface area contributed by atoms with Crippen LogP contribution in [0, 0.1) is 11.3 Å². The molecule has 34 heavy (non-hydrogen) atoms. The van der Waals surface area contributed by atoms with E-state index in [0.29, 0.717) is 19.3 Å². The van der Waals surface area contributed by atoms with Crippen molar-refractivity contribution in [2.75, 3.05) is 13.2 Å². The minimum atomic E-state index is -0.813. The lowest BCUT2D eigenvalue weighted by atomic mass is 9.89.